The largest absolute Gasteiger partial charge is 0.478 e. The highest BCUT2D eigenvalue weighted by Gasteiger charge is 2.10. The highest BCUT2D eigenvalue weighted by Crippen LogP contribution is 2.12. The number of hydrogen-bond donors (Lipinski definition) is 1. The van der Waals surface area contributed by atoms with E-state index in [9.17, 15) is 9.59 Å². The van der Waals surface area contributed by atoms with Gasteiger partial charge in [-0.05, 0) is 35.0 Å². The van der Waals surface area contributed by atoms with Crippen LogP contribution >= 0.6 is 15.9 Å². The van der Waals surface area contributed by atoms with Gasteiger partial charge in [-0.15, -0.1) is 0 Å². The molecule has 0 bridgehead atoms. The van der Waals surface area contributed by atoms with Gasteiger partial charge in [0.25, 0.3) is 5.56 Å². The van der Waals surface area contributed by atoms with Crippen molar-refractivity contribution in [2.75, 3.05) is 0 Å². The third-order valence-corrected chi connectivity index (χ3v) is 2.89. The molecule has 0 fully saturated rings. The van der Waals surface area contributed by atoms with Crippen molar-refractivity contribution < 1.29 is 14.3 Å². The lowest BCUT2D eigenvalue weighted by atomic mass is 10.3. The lowest BCUT2D eigenvalue weighted by Crippen LogP contribution is -2.21. The molecule has 0 unspecified atom stereocenters. The van der Waals surface area contributed by atoms with Gasteiger partial charge in [-0.1, -0.05) is 0 Å². The molecule has 2 heterocycles. The summed E-state index contributed by atoms with van der Waals surface area (Å²) in [4.78, 5) is 22.6. The maximum Gasteiger partial charge on any atom is 0.338 e. The molecule has 2 rings (SSSR count). The van der Waals surface area contributed by atoms with E-state index in [1.165, 1.54) is 10.6 Å². The first-order chi connectivity index (χ1) is 8.47. The third-order valence-electron chi connectivity index (χ3n) is 2.46. The molecule has 2 aromatic rings. The molecule has 0 spiro atoms. The molecule has 0 atom stereocenters. The minimum atomic E-state index is -1.05. The summed E-state index contributed by atoms with van der Waals surface area (Å²) in [6.45, 7) is 1.92. The Labute approximate surface area is 111 Å². The molecule has 6 heteroatoms. The van der Waals surface area contributed by atoms with Gasteiger partial charge in [0.2, 0.25) is 0 Å². The van der Waals surface area contributed by atoms with Gasteiger partial charge in [-0.2, -0.15) is 0 Å². The number of pyridine rings is 1. The van der Waals surface area contributed by atoms with Crippen molar-refractivity contribution in [2.45, 2.75) is 13.5 Å². The summed E-state index contributed by atoms with van der Waals surface area (Å²) in [5.74, 6) is -0.630. The lowest BCUT2D eigenvalue weighted by molar-refractivity contribution is 0.0696. The monoisotopic (exact) mass is 311 g/mol. The number of nitrogens with zero attached hydrogens (tertiary/aromatic N) is 1. The Morgan fingerprint density at radius 3 is 2.83 bits per heavy atom. The molecule has 0 amide bonds. The molecule has 5 nitrogen and oxygen atoms in total. The summed E-state index contributed by atoms with van der Waals surface area (Å²) < 4.78 is 7.35. The minimum Gasteiger partial charge on any atom is -0.478 e. The van der Waals surface area contributed by atoms with Crippen molar-refractivity contribution in [3.63, 3.8) is 0 Å². The number of aromatic nitrogens is 1. The summed E-state index contributed by atoms with van der Waals surface area (Å²) >= 11 is 3.30. The van der Waals surface area contributed by atoms with Crippen LogP contribution in [0.15, 0.2) is 38.3 Å². The molecular formula is C12H10BrNO4. The van der Waals surface area contributed by atoms with Crippen molar-refractivity contribution in [3.05, 3.63) is 56.3 Å². The van der Waals surface area contributed by atoms with Gasteiger partial charge in [-0.25, -0.2) is 4.79 Å². The van der Waals surface area contributed by atoms with Crippen LogP contribution in [0, 0.1) is 6.92 Å². The Kier molecular flexibility index (Phi) is 3.38. The molecule has 1 N–H and O–H groups in total. The first-order valence-electron chi connectivity index (χ1n) is 5.14. The average Bonchev–Trinajstić information content (AvgIpc) is 2.74. The Hall–Kier alpha value is -1.82. The molecule has 94 valence electrons. The van der Waals surface area contributed by atoms with Crippen LogP contribution in [0.3, 0.4) is 0 Å². The van der Waals surface area contributed by atoms with E-state index in [0.29, 0.717) is 11.3 Å². The van der Waals surface area contributed by atoms with E-state index in [1.54, 1.807) is 19.2 Å². The standard InChI is InChI=1S/C12H10BrNO4/c1-7-2-9(13)4-14(11(7)15)5-10-3-8(6-18-10)12(16)17/h2-4,6H,5H2,1H3,(H,16,17). The number of aromatic carboxylic acids is 1. The van der Waals surface area contributed by atoms with Gasteiger partial charge in [0, 0.05) is 16.2 Å². The SMILES string of the molecule is Cc1cc(Br)cn(Cc2cc(C(=O)O)co2)c1=O. The zero-order chi connectivity index (χ0) is 13.3. The molecule has 0 saturated heterocycles. The Morgan fingerprint density at radius 2 is 2.22 bits per heavy atom. The molecular weight excluding hydrogens is 302 g/mol. The van der Waals surface area contributed by atoms with E-state index in [-0.39, 0.29) is 17.7 Å². The average molecular weight is 312 g/mol. The fourth-order valence-corrected chi connectivity index (χ4v) is 2.19. The van der Waals surface area contributed by atoms with Gasteiger partial charge in [0.15, 0.2) is 0 Å². The van der Waals surface area contributed by atoms with Crippen molar-refractivity contribution in [2.24, 2.45) is 0 Å². The number of carbonyl (C=O) groups is 1. The van der Waals surface area contributed by atoms with Gasteiger partial charge in [-0.3, -0.25) is 4.79 Å². The molecule has 0 aliphatic heterocycles. The number of rotatable bonds is 3. The minimum absolute atomic E-state index is 0.0739. The van der Waals surface area contributed by atoms with Gasteiger partial charge in [0.1, 0.15) is 12.0 Å². The zero-order valence-corrected chi connectivity index (χ0v) is 11.1. The quantitative estimate of drug-likeness (QED) is 0.943. The summed E-state index contributed by atoms with van der Waals surface area (Å²) in [6, 6.07) is 3.13. The number of aryl methyl sites for hydroxylation is 1. The first kappa shape index (κ1) is 12.6. The van der Waals surface area contributed by atoms with Crippen LogP contribution in [0.1, 0.15) is 21.7 Å². The van der Waals surface area contributed by atoms with Gasteiger partial charge in [0.05, 0.1) is 12.1 Å². The maximum atomic E-state index is 11.9. The van der Waals surface area contributed by atoms with E-state index >= 15 is 0 Å². The predicted molar refractivity (Wildman–Crippen MR) is 67.9 cm³/mol. The van der Waals surface area contributed by atoms with Crippen LogP contribution in [-0.4, -0.2) is 15.6 Å². The maximum absolute atomic E-state index is 11.9. The Morgan fingerprint density at radius 1 is 1.50 bits per heavy atom. The molecule has 0 aliphatic rings. The predicted octanol–water partition coefficient (Wildman–Crippen LogP) is 2.26. The van der Waals surface area contributed by atoms with Gasteiger partial charge >= 0.3 is 5.97 Å². The van der Waals surface area contributed by atoms with Gasteiger partial charge < -0.3 is 14.1 Å². The fourth-order valence-electron chi connectivity index (χ4n) is 1.60. The molecule has 0 radical (unpaired) electrons. The summed E-state index contributed by atoms with van der Waals surface area (Å²) in [5.41, 5.74) is 0.547. The number of halogens is 1. The summed E-state index contributed by atoms with van der Waals surface area (Å²) in [6.07, 6.45) is 2.80. The van der Waals surface area contributed by atoms with Crippen LogP contribution in [0.5, 0.6) is 0 Å². The molecule has 2 aromatic heterocycles. The second-order valence-electron chi connectivity index (χ2n) is 3.88. The fraction of sp³-hybridized carbons (Fsp3) is 0.167. The van der Waals surface area contributed by atoms with E-state index in [1.807, 2.05) is 0 Å². The molecule has 0 saturated carbocycles. The molecule has 0 aromatic carbocycles. The Bertz CT molecular complexity index is 656. The highest BCUT2D eigenvalue weighted by molar-refractivity contribution is 9.10. The second kappa shape index (κ2) is 4.81. The third kappa shape index (κ3) is 2.53. The summed E-state index contributed by atoms with van der Waals surface area (Å²) in [7, 11) is 0. The van der Waals surface area contributed by atoms with Crippen molar-refractivity contribution in [3.8, 4) is 0 Å². The van der Waals surface area contributed by atoms with Crippen LogP contribution in [0.25, 0.3) is 0 Å². The van der Waals surface area contributed by atoms with Crippen LogP contribution in [0.4, 0.5) is 0 Å². The number of hydrogen-bond acceptors (Lipinski definition) is 3. The second-order valence-corrected chi connectivity index (χ2v) is 4.80. The highest BCUT2D eigenvalue weighted by atomic mass is 79.9. The smallest absolute Gasteiger partial charge is 0.338 e. The normalized spacial score (nSPS) is 10.6. The van der Waals surface area contributed by atoms with Crippen molar-refractivity contribution in [1.82, 2.24) is 4.57 Å². The Balaban J connectivity index is 2.34. The van der Waals surface area contributed by atoms with E-state index in [2.05, 4.69) is 15.9 Å². The molecule has 18 heavy (non-hydrogen) atoms. The van der Waals surface area contributed by atoms with Crippen molar-refractivity contribution in [1.29, 1.82) is 0 Å². The van der Waals surface area contributed by atoms with Crippen LogP contribution in [0.2, 0.25) is 0 Å². The van der Waals surface area contributed by atoms with E-state index in [4.69, 9.17) is 9.52 Å². The van der Waals surface area contributed by atoms with E-state index in [0.717, 1.165) is 10.7 Å². The molecule has 0 aliphatic carbocycles. The number of carboxylic acids is 1. The number of furan rings is 1. The topological polar surface area (TPSA) is 72.4 Å². The van der Waals surface area contributed by atoms with E-state index < -0.39 is 5.97 Å². The summed E-state index contributed by atoms with van der Waals surface area (Å²) in [5, 5.41) is 8.77. The zero-order valence-electron chi connectivity index (χ0n) is 9.51. The van der Waals surface area contributed by atoms with Crippen LogP contribution < -0.4 is 5.56 Å². The van der Waals surface area contributed by atoms with Crippen LogP contribution in [-0.2, 0) is 6.54 Å². The first-order valence-corrected chi connectivity index (χ1v) is 5.94. The lowest BCUT2D eigenvalue weighted by Gasteiger charge is -2.05. The van der Waals surface area contributed by atoms with Crippen molar-refractivity contribution >= 4 is 21.9 Å². The number of carboxylic acid groups (broad SMARTS) is 1.